The third kappa shape index (κ3) is 4.00. The number of nitrogens with zero attached hydrogens (tertiary/aromatic N) is 1. The molecular formula is C14H20ClIN2. The zero-order valence-corrected chi connectivity index (χ0v) is 13.7. The molecule has 4 heteroatoms. The molecule has 1 N–H and O–H groups in total. The molecule has 2 rings (SSSR count). The highest BCUT2D eigenvalue weighted by Gasteiger charge is 2.18. The lowest BCUT2D eigenvalue weighted by Crippen LogP contribution is -2.37. The van der Waals surface area contributed by atoms with Crippen LogP contribution in [0.15, 0.2) is 18.2 Å². The highest BCUT2D eigenvalue weighted by molar-refractivity contribution is 14.1. The Balaban J connectivity index is 1.81. The van der Waals surface area contributed by atoms with Gasteiger partial charge in [-0.05, 0) is 73.6 Å². The second-order valence-corrected chi connectivity index (χ2v) is 6.62. The van der Waals surface area contributed by atoms with Crippen molar-refractivity contribution in [2.24, 2.45) is 0 Å². The van der Waals surface area contributed by atoms with Crippen LogP contribution in [-0.4, -0.2) is 31.1 Å². The summed E-state index contributed by atoms with van der Waals surface area (Å²) in [5.74, 6) is 0. The molecule has 0 aromatic heterocycles. The number of anilines is 1. The number of likely N-dealkylation sites (tertiary alicyclic amines) is 1. The molecule has 0 amide bonds. The lowest BCUT2D eigenvalue weighted by atomic mass is 10.0. The molecule has 18 heavy (non-hydrogen) atoms. The minimum atomic E-state index is 0.730. The predicted molar refractivity (Wildman–Crippen MR) is 87.5 cm³/mol. The van der Waals surface area contributed by atoms with Crippen LogP contribution in [0.2, 0.25) is 5.02 Å². The lowest BCUT2D eigenvalue weighted by Gasteiger charge is -2.32. The summed E-state index contributed by atoms with van der Waals surface area (Å²) in [6, 6.07) is 6.88. The minimum absolute atomic E-state index is 0.730. The van der Waals surface area contributed by atoms with Gasteiger partial charge in [-0.1, -0.05) is 18.0 Å². The fourth-order valence-electron chi connectivity index (χ4n) is 2.52. The average molecular weight is 379 g/mol. The van der Waals surface area contributed by atoms with Crippen LogP contribution in [0.25, 0.3) is 0 Å². The van der Waals surface area contributed by atoms with Crippen LogP contribution in [0.1, 0.15) is 25.7 Å². The molecule has 1 fully saturated rings. The highest BCUT2D eigenvalue weighted by Crippen LogP contribution is 2.24. The van der Waals surface area contributed by atoms with Crippen molar-refractivity contribution in [2.45, 2.75) is 31.7 Å². The van der Waals surface area contributed by atoms with Gasteiger partial charge in [0, 0.05) is 16.2 Å². The van der Waals surface area contributed by atoms with Crippen molar-refractivity contribution >= 4 is 39.9 Å². The van der Waals surface area contributed by atoms with E-state index >= 15 is 0 Å². The molecule has 0 bridgehead atoms. The number of rotatable bonds is 4. The van der Waals surface area contributed by atoms with E-state index in [-0.39, 0.29) is 0 Å². The summed E-state index contributed by atoms with van der Waals surface area (Å²) in [5, 5.41) is 4.26. The standard InChI is InChI=1S/C14H20ClIN2/c1-18-9-3-2-4-12(18)7-8-17-14-6-5-11(16)10-13(14)15/h5-6,10,12,17H,2-4,7-9H2,1H3. The quantitative estimate of drug-likeness (QED) is 0.789. The normalized spacial score (nSPS) is 20.9. The van der Waals surface area contributed by atoms with Gasteiger partial charge in [0.25, 0.3) is 0 Å². The Bertz CT molecular complexity index is 397. The van der Waals surface area contributed by atoms with Crippen LogP contribution in [-0.2, 0) is 0 Å². The third-order valence-corrected chi connectivity index (χ3v) is 4.63. The van der Waals surface area contributed by atoms with Crippen LogP contribution < -0.4 is 5.32 Å². The van der Waals surface area contributed by atoms with Crippen molar-refractivity contribution in [2.75, 3.05) is 25.5 Å². The molecule has 0 radical (unpaired) electrons. The first-order valence-electron chi connectivity index (χ1n) is 6.56. The van der Waals surface area contributed by atoms with Crippen molar-refractivity contribution in [1.29, 1.82) is 0 Å². The molecule has 1 unspecified atom stereocenters. The zero-order valence-electron chi connectivity index (χ0n) is 10.8. The summed E-state index contributed by atoms with van der Waals surface area (Å²) in [6.45, 7) is 2.24. The van der Waals surface area contributed by atoms with E-state index in [9.17, 15) is 0 Å². The van der Waals surface area contributed by atoms with Crippen molar-refractivity contribution < 1.29 is 0 Å². The lowest BCUT2D eigenvalue weighted by molar-refractivity contribution is 0.179. The summed E-state index contributed by atoms with van der Waals surface area (Å²) in [6.07, 6.45) is 5.25. The van der Waals surface area contributed by atoms with E-state index in [0.29, 0.717) is 0 Å². The van der Waals surface area contributed by atoms with Gasteiger partial charge in [0.1, 0.15) is 0 Å². The Morgan fingerprint density at radius 3 is 3.00 bits per heavy atom. The fourth-order valence-corrected chi connectivity index (χ4v) is 3.44. The number of benzene rings is 1. The SMILES string of the molecule is CN1CCCCC1CCNc1ccc(I)cc1Cl. The minimum Gasteiger partial charge on any atom is -0.384 e. The molecule has 1 aromatic carbocycles. The van der Waals surface area contributed by atoms with Gasteiger partial charge in [0.05, 0.1) is 10.7 Å². The molecule has 1 aliphatic heterocycles. The molecule has 1 saturated heterocycles. The monoisotopic (exact) mass is 378 g/mol. The maximum atomic E-state index is 6.20. The Labute approximate surface area is 128 Å². The smallest absolute Gasteiger partial charge is 0.0648 e. The molecule has 2 nitrogen and oxygen atoms in total. The van der Waals surface area contributed by atoms with Crippen LogP contribution in [0.3, 0.4) is 0 Å². The van der Waals surface area contributed by atoms with Crippen molar-refractivity contribution in [3.05, 3.63) is 26.8 Å². The van der Waals surface area contributed by atoms with E-state index in [1.54, 1.807) is 0 Å². The first-order valence-corrected chi connectivity index (χ1v) is 8.01. The molecule has 1 aliphatic rings. The van der Waals surface area contributed by atoms with E-state index in [4.69, 9.17) is 11.6 Å². The zero-order chi connectivity index (χ0) is 13.0. The van der Waals surface area contributed by atoms with Crippen LogP contribution in [0.5, 0.6) is 0 Å². The molecule has 1 atom stereocenters. The van der Waals surface area contributed by atoms with E-state index in [0.717, 1.165) is 23.3 Å². The van der Waals surface area contributed by atoms with E-state index in [1.807, 2.05) is 6.07 Å². The van der Waals surface area contributed by atoms with E-state index < -0.39 is 0 Å². The summed E-state index contributed by atoms with van der Waals surface area (Å²) < 4.78 is 1.18. The van der Waals surface area contributed by atoms with Crippen LogP contribution in [0.4, 0.5) is 5.69 Å². The van der Waals surface area contributed by atoms with Gasteiger partial charge in [-0.3, -0.25) is 0 Å². The number of hydrogen-bond donors (Lipinski definition) is 1. The maximum absolute atomic E-state index is 6.20. The highest BCUT2D eigenvalue weighted by atomic mass is 127. The van der Waals surface area contributed by atoms with Gasteiger partial charge in [0.2, 0.25) is 0 Å². The first kappa shape index (κ1) is 14.4. The van der Waals surface area contributed by atoms with Gasteiger partial charge in [-0.25, -0.2) is 0 Å². The fraction of sp³-hybridized carbons (Fsp3) is 0.571. The van der Waals surface area contributed by atoms with Crippen molar-refractivity contribution in [1.82, 2.24) is 4.90 Å². The summed E-state index contributed by atoms with van der Waals surface area (Å²) >= 11 is 8.48. The number of halogens is 2. The summed E-state index contributed by atoms with van der Waals surface area (Å²) in [5.41, 5.74) is 1.05. The van der Waals surface area contributed by atoms with Gasteiger partial charge in [-0.15, -0.1) is 0 Å². The Morgan fingerprint density at radius 2 is 2.28 bits per heavy atom. The van der Waals surface area contributed by atoms with E-state index in [2.05, 4.69) is 52.0 Å². The van der Waals surface area contributed by atoms with Gasteiger partial charge < -0.3 is 10.2 Å². The maximum Gasteiger partial charge on any atom is 0.0648 e. The molecule has 0 aliphatic carbocycles. The summed E-state index contributed by atoms with van der Waals surface area (Å²) in [4.78, 5) is 2.49. The Kier molecular flexibility index (Phi) is 5.57. The van der Waals surface area contributed by atoms with Crippen LogP contribution >= 0.6 is 34.2 Å². The number of nitrogens with one attached hydrogen (secondary N) is 1. The Hall–Kier alpha value is -0.0000000000000000555. The molecule has 0 saturated carbocycles. The number of piperidine rings is 1. The topological polar surface area (TPSA) is 15.3 Å². The molecule has 1 heterocycles. The molecular weight excluding hydrogens is 359 g/mol. The predicted octanol–water partition coefficient (Wildman–Crippen LogP) is 4.23. The second-order valence-electron chi connectivity index (χ2n) is 4.97. The molecule has 100 valence electrons. The van der Waals surface area contributed by atoms with Gasteiger partial charge in [-0.2, -0.15) is 0 Å². The second kappa shape index (κ2) is 6.96. The number of hydrogen-bond acceptors (Lipinski definition) is 2. The van der Waals surface area contributed by atoms with Crippen molar-refractivity contribution in [3.63, 3.8) is 0 Å². The van der Waals surface area contributed by atoms with E-state index in [1.165, 1.54) is 35.8 Å². The van der Waals surface area contributed by atoms with Gasteiger partial charge >= 0.3 is 0 Å². The molecule has 1 aromatic rings. The average Bonchev–Trinajstić information content (AvgIpc) is 2.34. The third-order valence-electron chi connectivity index (χ3n) is 3.65. The largest absolute Gasteiger partial charge is 0.384 e. The van der Waals surface area contributed by atoms with Crippen LogP contribution in [0, 0.1) is 3.57 Å². The first-order chi connectivity index (χ1) is 8.66. The van der Waals surface area contributed by atoms with Gasteiger partial charge in [0.15, 0.2) is 0 Å². The van der Waals surface area contributed by atoms with Crippen molar-refractivity contribution in [3.8, 4) is 0 Å². The summed E-state index contributed by atoms with van der Waals surface area (Å²) in [7, 11) is 2.24. The molecule has 0 spiro atoms. The Morgan fingerprint density at radius 1 is 1.44 bits per heavy atom.